The van der Waals surface area contributed by atoms with Crippen LogP contribution in [0.3, 0.4) is 0 Å². The Morgan fingerprint density at radius 1 is 1.06 bits per heavy atom. The van der Waals surface area contributed by atoms with Gasteiger partial charge in [-0.2, -0.15) is 0 Å². The second-order valence-corrected chi connectivity index (χ2v) is 6.52. The first-order chi connectivity index (χ1) is 8.45. The lowest BCUT2D eigenvalue weighted by molar-refractivity contribution is -2.00. The van der Waals surface area contributed by atoms with Crippen LogP contribution in [-0.2, 0) is 12.8 Å². The highest BCUT2D eigenvalue weighted by molar-refractivity contribution is 7.30. The number of hydrogen-bond acceptors (Lipinski definition) is 5. The van der Waals surface area contributed by atoms with Crippen molar-refractivity contribution in [2.75, 3.05) is 0 Å². The molecule has 0 spiro atoms. The monoisotopic (exact) mass is 304 g/mol. The van der Waals surface area contributed by atoms with Gasteiger partial charge >= 0.3 is 0 Å². The van der Waals surface area contributed by atoms with Crippen LogP contribution in [-0.4, -0.2) is 0 Å². The van der Waals surface area contributed by atoms with E-state index in [4.69, 9.17) is 18.6 Å². The molecule has 1 heterocycles. The Hall–Kier alpha value is -0.600. The van der Waals surface area contributed by atoms with E-state index < -0.39 is 10.2 Å². The zero-order valence-electron chi connectivity index (χ0n) is 9.13. The van der Waals surface area contributed by atoms with Gasteiger partial charge in [0.15, 0.2) is 4.88 Å². The molecule has 1 aliphatic rings. The van der Waals surface area contributed by atoms with Crippen molar-refractivity contribution in [2.45, 2.75) is 12.8 Å². The molecule has 0 saturated heterocycles. The topological polar surface area (TPSA) is 92.2 Å². The number of aryl methyl sites for hydroxylation is 2. The van der Waals surface area contributed by atoms with E-state index in [1.54, 1.807) is 4.88 Å². The van der Waals surface area contributed by atoms with Gasteiger partial charge in [0.05, 0.1) is 22.7 Å². The van der Waals surface area contributed by atoms with Crippen LogP contribution in [0.25, 0.3) is 10.4 Å². The van der Waals surface area contributed by atoms with Crippen LogP contribution in [0, 0.1) is 10.2 Å². The van der Waals surface area contributed by atoms with Crippen molar-refractivity contribution in [3.8, 4) is 10.4 Å². The zero-order chi connectivity index (χ0) is 13.2. The molecule has 2 aromatic rings. The molecule has 3 rings (SSSR count). The molecule has 0 radical (unpaired) electrons. The quantitative estimate of drug-likeness (QED) is 0.590. The highest BCUT2D eigenvalue weighted by Gasteiger charge is 2.24. The highest BCUT2D eigenvalue weighted by Crippen LogP contribution is 2.39. The molecule has 0 unspecified atom stereocenters. The average molecular weight is 305 g/mol. The third-order valence-electron chi connectivity index (χ3n) is 2.49. The molecule has 0 bridgehead atoms. The summed E-state index contributed by atoms with van der Waals surface area (Å²) in [5, 5.41) is 0. The van der Waals surface area contributed by atoms with Gasteiger partial charge in [-0.25, -0.2) is 18.6 Å². The van der Waals surface area contributed by atoms with Crippen molar-refractivity contribution in [1.82, 2.24) is 0 Å². The first kappa shape index (κ1) is 13.8. The summed E-state index contributed by atoms with van der Waals surface area (Å²) in [6.07, 6.45) is 2.46. The minimum Gasteiger partial charge on any atom is -0.222 e. The molecule has 1 aliphatic carbocycles. The van der Waals surface area contributed by atoms with Crippen molar-refractivity contribution in [3.63, 3.8) is 0 Å². The standard InChI is InChI=1S/C11H9S2.ClHO4/c1-2-4-9-8(3-1)5-6-10-11(9)13-7-12-10;2-1(3,4)5/h1-4,7H,5-6H2;(H,2,3,4,5)/q+1;/p-1. The summed E-state index contributed by atoms with van der Waals surface area (Å²) in [7, 11) is -4.94. The third-order valence-corrected chi connectivity index (χ3v) is 4.79. The molecule has 1 aromatic carbocycles. The molecule has 0 saturated carbocycles. The first-order valence-electron chi connectivity index (χ1n) is 5.03. The Kier molecular flexibility index (Phi) is 4.29. The second kappa shape index (κ2) is 5.58. The van der Waals surface area contributed by atoms with Crippen LogP contribution in [0.15, 0.2) is 29.0 Å². The van der Waals surface area contributed by atoms with E-state index in [1.165, 1.54) is 28.8 Å². The summed E-state index contributed by atoms with van der Waals surface area (Å²) in [5.74, 6) is 0. The SMILES string of the molecule is [O-][Cl+3]([O-])([O-])[O-].c1ccc2c(c1)CCc1sc[s+]c1-2. The number of halogens is 1. The molecule has 4 nitrogen and oxygen atoms in total. The van der Waals surface area contributed by atoms with Gasteiger partial charge in [-0.05, 0) is 12.0 Å². The van der Waals surface area contributed by atoms with Crippen LogP contribution >= 0.6 is 22.7 Å². The summed E-state index contributed by atoms with van der Waals surface area (Å²) in [4.78, 5) is 3.08. The maximum absolute atomic E-state index is 8.49. The van der Waals surface area contributed by atoms with Gasteiger partial charge in [0.1, 0.15) is 4.88 Å². The fourth-order valence-corrected chi connectivity index (χ4v) is 4.17. The Labute approximate surface area is 114 Å². The molecular formula is C11H9ClO4S2. The van der Waals surface area contributed by atoms with Gasteiger partial charge in [0, 0.05) is 12.0 Å². The van der Waals surface area contributed by atoms with Crippen LogP contribution in [0.4, 0.5) is 0 Å². The second-order valence-electron chi connectivity index (χ2n) is 3.62. The van der Waals surface area contributed by atoms with Crippen molar-refractivity contribution < 1.29 is 28.9 Å². The predicted molar refractivity (Wildman–Crippen MR) is 59.4 cm³/mol. The van der Waals surface area contributed by atoms with Crippen molar-refractivity contribution >= 4 is 22.7 Å². The van der Waals surface area contributed by atoms with Gasteiger partial charge in [-0.3, -0.25) is 0 Å². The van der Waals surface area contributed by atoms with E-state index in [-0.39, 0.29) is 0 Å². The maximum atomic E-state index is 8.49. The van der Waals surface area contributed by atoms with Crippen molar-refractivity contribution in [1.29, 1.82) is 0 Å². The van der Waals surface area contributed by atoms with Gasteiger partial charge in [0.2, 0.25) is 4.69 Å². The van der Waals surface area contributed by atoms with E-state index in [9.17, 15) is 0 Å². The minimum absolute atomic E-state index is 1.22. The van der Waals surface area contributed by atoms with Crippen LogP contribution < -0.4 is 18.6 Å². The zero-order valence-corrected chi connectivity index (χ0v) is 11.5. The number of hydrogen-bond donors (Lipinski definition) is 0. The smallest absolute Gasteiger partial charge is 0.222 e. The Bertz CT molecular complexity index is 530. The normalized spacial score (nSPS) is 13.1. The lowest BCUT2D eigenvalue weighted by atomic mass is 9.95. The van der Waals surface area contributed by atoms with Gasteiger partial charge in [-0.1, -0.05) is 24.3 Å². The molecule has 0 atom stereocenters. The molecule has 0 N–H and O–H groups in total. The third kappa shape index (κ3) is 3.69. The molecule has 7 heteroatoms. The van der Waals surface area contributed by atoms with Crippen molar-refractivity contribution in [3.05, 3.63) is 39.4 Å². The number of benzene rings is 1. The number of rotatable bonds is 0. The van der Waals surface area contributed by atoms with Crippen molar-refractivity contribution in [2.24, 2.45) is 0 Å². The maximum Gasteiger partial charge on any atom is 0.243 e. The van der Waals surface area contributed by atoms with E-state index in [1.807, 2.05) is 22.7 Å². The summed E-state index contributed by atoms with van der Waals surface area (Å²) in [6.45, 7) is 0. The van der Waals surface area contributed by atoms with E-state index in [0.717, 1.165) is 0 Å². The highest BCUT2D eigenvalue weighted by atomic mass is 35.7. The largest absolute Gasteiger partial charge is 0.243 e. The summed E-state index contributed by atoms with van der Waals surface area (Å²) < 4.78 is 36.2. The predicted octanol–water partition coefficient (Wildman–Crippen LogP) is -0.900. The van der Waals surface area contributed by atoms with E-state index in [2.05, 4.69) is 29.0 Å². The average Bonchev–Trinajstić information content (AvgIpc) is 2.75. The molecule has 0 amide bonds. The lowest BCUT2D eigenvalue weighted by Gasteiger charge is -2.17. The van der Waals surface area contributed by atoms with Crippen LogP contribution in [0.2, 0.25) is 0 Å². The summed E-state index contributed by atoms with van der Waals surface area (Å²) in [6, 6.07) is 8.78. The molecule has 96 valence electrons. The van der Waals surface area contributed by atoms with E-state index >= 15 is 0 Å². The van der Waals surface area contributed by atoms with Gasteiger partial charge < -0.3 is 0 Å². The Morgan fingerprint density at radius 3 is 2.44 bits per heavy atom. The lowest BCUT2D eigenvalue weighted by Crippen LogP contribution is -2.68. The van der Waals surface area contributed by atoms with Crippen LogP contribution in [0.5, 0.6) is 0 Å². The minimum atomic E-state index is -4.94. The molecule has 1 aromatic heterocycles. The van der Waals surface area contributed by atoms with Crippen LogP contribution in [0.1, 0.15) is 10.4 Å². The summed E-state index contributed by atoms with van der Waals surface area (Å²) >= 11 is 3.79. The fourth-order valence-electron chi connectivity index (χ4n) is 1.84. The summed E-state index contributed by atoms with van der Waals surface area (Å²) in [5.41, 5.74) is 2.99. The number of fused-ring (bicyclic) bond motifs is 3. The Balaban J connectivity index is 0.000000209. The molecule has 18 heavy (non-hydrogen) atoms. The van der Waals surface area contributed by atoms with E-state index in [0.29, 0.717) is 0 Å². The van der Waals surface area contributed by atoms with Gasteiger partial charge in [0.25, 0.3) is 0 Å². The molecular weight excluding hydrogens is 296 g/mol. The Morgan fingerprint density at radius 2 is 1.72 bits per heavy atom. The fraction of sp³-hybridized carbons (Fsp3) is 0.182. The van der Waals surface area contributed by atoms with Gasteiger partial charge in [-0.15, -0.1) is 10.2 Å². The first-order valence-corrected chi connectivity index (χ1v) is 8.03. The molecule has 0 aliphatic heterocycles. The molecule has 0 fully saturated rings.